The molecule has 0 aliphatic carbocycles. The molecule has 0 spiro atoms. The van der Waals surface area contributed by atoms with E-state index in [1.807, 2.05) is 17.7 Å². The molecule has 4 heteroatoms. The van der Waals surface area contributed by atoms with Crippen LogP contribution in [0.1, 0.15) is 11.9 Å². The minimum atomic E-state index is -0.0424. The first-order valence-electron chi connectivity index (χ1n) is 3.46. The Balaban J connectivity index is 2.81. The number of alkyl halides is 1. The van der Waals surface area contributed by atoms with Gasteiger partial charge >= 0.3 is 0 Å². The number of aliphatic hydroxyl groups is 1. The van der Waals surface area contributed by atoms with Crippen LogP contribution in [0.2, 0.25) is 0 Å². The van der Waals surface area contributed by atoms with E-state index in [1.54, 1.807) is 6.20 Å². The third kappa shape index (κ3) is 1.73. The van der Waals surface area contributed by atoms with Gasteiger partial charge in [0.05, 0.1) is 12.6 Å². The molecule has 1 N–H and O–H groups in total. The molecule has 11 heavy (non-hydrogen) atoms. The largest absolute Gasteiger partial charge is 0.394 e. The van der Waals surface area contributed by atoms with Gasteiger partial charge in [0.2, 0.25) is 0 Å². The van der Waals surface area contributed by atoms with Crippen molar-refractivity contribution in [1.29, 1.82) is 0 Å². The summed E-state index contributed by atoms with van der Waals surface area (Å²) in [5, 5.41) is 8.89. The second-order valence-corrected chi connectivity index (χ2v) is 2.68. The minimum Gasteiger partial charge on any atom is -0.394 e. The van der Waals surface area contributed by atoms with Gasteiger partial charge in [0.15, 0.2) is 0 Å². The number of rotatable bonds is 3. The Morgan fingerprint density at radius 2 is 2.55 bits per heavy atom. The lowest BCUT2D eigenvalue weighted by Crippen LogP contribution is -2.15. The van der Waals surface area contributed by atoms with Crippen LogP contribution in [0.25, 0.3) is 0 Å². The zero-order valence-corrected chi connectivity index (χ0v) is 7.12. The lowest BCUT2D eigenvalue weighted by atomic mass is 10.3. The number of hydrogen-bond acceptors (Lipinski definition) is 2. The van der Waals surface area contributed by atoms with Gasteiger partial charge in [-0.15, -0.1) is 11.6 Å². The van der Waals surface area contributed by atoms with Crippen LogP contribution in [-0.4, -0.2) is 27.1 Å². The first kappa shape index (κ1) is 8.56. The molecule has 1 aromatic heterocycles. The summed E-state index contributed by atoms with van der Waals surface area (Å²) < 4.78 is 1.87. The number of aliphatic hydroxyl groups excluding tert-OH is 1. The summed E-state index contributed by atoms with van der Waals surface area (Å²) in [6, 6.07) is -0.0424. The van der Waals surface area contributed by atoms with Gasteiger partial charge in [-0.05, 0) is 6.92 Å². The summed E-state index contributed by atoms with van der Waals surface area (Å²) in [5.41, 5.74) is 0. The van der Waals surface area contributed by atoms with Gasteiger partial charge in [-0.2, -0.15) is 0 Å². The molecular weight excluding hydrogens is 164 g/mol. The van der Waals surface area contributed by atoms with E-state index in [9.17, 15) is 0 Å². The van der Waals surface area contributed by atoms with Gasteiger partial charge in [0.25, 0.3) is 0 Å². The zero-order chi connectivity index (χ0) is 8.27. The topological polar surface area (TPSA) is 38.0 Å². The maximum atomic E-state index is 8.89. The maximum absolute atomic E-state index is 8.89. The Labute approximate surface area is 70.6 Å². The van der Waals surface area contributed by atoms with Crippen LogP contribution in [0.3, 0.4) is 0 Å². The molecular formula is C7H11ClN2O. The Morgan fingerprint density at radius 3 is 2.91 bits per heavy atom. The highest BCUT2D eigenvalue weighted by atomic mass is 35.5. The van der Waals surface area contributed by atoms with Crippen molar-refractivity contribution >= 4 is 11.6 Å². The molecule has 0 saturated carbocycles. The monoisotopic (exact) mass is 174 g/mol. The van der Waals surface area contributed by atoms with Crippen LogP contribution in [0, 0.1) is 6.92 Å². The van der Waals surface area contributed by atoms with E-state index >= 15 is 0 Å². The quantitative estimate of drug-likeness (QED) is 0.694. The maximum Gasteiger partial charge on any atom is 0.105 e. The number of halogens is 1. The second kappa shape index (κ2) is 3.74. The Hall–Kier alpha value is -0.540. The van der Waals surface area contributed by atoms with Crippen LogP contribution in [0.15, 0.2) is 12.4 Å². The molecule has 0 fully saturated rings. The molecule has 0 amide bonds. The van der Waals surface area contributed by atoms with Crippen molar-refractivity contribution in [2.45, 2.75) is 13.0 Å². The van der Waals surface area contributed by atoms with Gasteiger partial charge in [-0.1, -0.05) is 0 Å². The lowest BCUT2D eigenvalue weighted by molar-refractivity contribution is 0.239. The molecule has 1 atom stereocenters. The van der Waals surface area contributed by atoms with E-state index in [-0.39, 0.29) is 12.6 Å². The predicted octanol–water partition coefficient (Wildman–Crippen LogP) is 0.964. The molecule has 0 saturated heterocycles. The molecule has 0 aliphatic heterocycles. The average molecular weight is 175 g/mol. The molecule has 1 rings (SSSR count). The van der Waals surface area contributed by atoms with Crippen molar-refractivity contribution in [3.05, 3.63) is 18.2 Å². The van der Waals surface area contributed by atoms with Crippen molar-refractivity contribution in [3.63, 3.8) is 0 Å². The van der Waals surface area contributed by atoms with E-state index in [0.717, 1.165) is 5.82 Å². The SMILES string of the molecule is Cc1nccn1C(CO)CCl. The van der Waals surface area contributed by atoms with Crippen LogP contribution in [0.5, 0.6) is 0 Å². The number of hydrogen-bond donors (Lipinski definition) is 1. The van der Waals surface area contributed by atoms with E-state index in [4.69, 9.17) is 16.7 Å². The summed E-state index contributed by atoms with van der Waals surface area (Å²) >= 11 is 5.62. The van der Waals surface area contributed by atoms with Gasteiger partial charge in [0.1, 0.15) is 5.82 Å². The number of aryl methyl sites for hydroxylation is 1. The van der Waals surface area contributed by atoms with Crippen LogP contribution in [-0.2, 0) is 0 Å². The fourth-order valence-electron chi connectivity index (χ4n) is 0.985. The highest BCUT2D eigenvalue weighted by molar-refractivity contribution is 6.18. The summed E-state index contributed by atoms with van der Waals surface area (Å²) in [7, 11) is 0. The molecule has 1 unspecified atom stereocenters. The smallest absolute Gasteiger partial charge is 0.105 e. The van der Waals surface area contributed by atoms with E-state index in [0.29, 0.717) is 5.88 Å². The fraction of sp³-hybridized carbons (Fsp3) is 0.571. The van der Waals surface area contributed by atoms with Crippen LogP contribution < -0.4 is 0 Å². The minimum absolute atomic E-state index is 0.0424. The van der Waals surface area contributed by atoms with Crippen molar-refractivity contribution in [2.24, 2.45) is 0 Å². The highest BCUT2D eigenvalue weighted by Gasteiger charge is 2.08. The van der Waals surface area contributed by atoms with E-state index in [2.05, 4.69) is 4.98 Å². The summed E-state index contributed by atoms with van der Waals surface area (Å²) in [6.07, 6.45) is 3.52. The fourth-order valence-corrected chi connectivity index (χ4v) is 1.23. The first-order chi connectivity index (χ1) is 5.29. The summed E-state index contributed by atoms with van der Waals surface area (Å²) in [5.74, 6) is 1.29. The van der Waals surface area contributed by atoms with Crippen molar-refractivity contribution in [1.82, 2.24) is 9.55 Å². The summed E-state index contributed by atoms with van der Waals surface area (Å²) in [4.78, 5) is 4.03. The Kier molecular flexibility index (Phi) is 2.91. The predicted molar refractivity (Wildman–Crippen MR) is 43.8 cm³/mol. The molecule has 1 heterocycles. The van der Waals surface area contributed by atoms with Gasteiger partial charge < -0.3 is 9.67 Å². The average Bonchev–Trinajstić information content (AvgIpc) is 2.40. The summed E-state index contributed by atoms with van der Waals surface area (Å²) in [6.45, 7) is 1.94. The molecule has 62 valence electrons. The standard InChI is InChI=1S/C7H11ClN2O/c1-6-9-2-3-10(6)7(4-8)5-11/h2-3,7,11H,4-5H2,1H3. The Morgan fingerprint density at radius 1 is 1.82 bits per heavy atom. The molecule has 0 bridgehead atoms. The molecule has 0 radical (unpaired) electrons. The molecule has 0 aromatic carbocycles. The molecule has 1 aromatic rings. The second-order valence-electron chi connectivity index (χ2n) is 2.37. The van der Waals surface area contributed by atoms with E-state index in [1.165, 1.54) is 0 Å². The van der Waals surface area contributed by atoms with Crippen LogP contribution in [0.4, 0.5) is 0 Å². The third-order valence-electron chi connectivity index (χ3n) is 1.64. The lowest BCUT2D eigenvalue weighted by Gasteiger charge is -2.13. The van der Waals surface area contributed by atoms with Gasteiger partial charge in [0, 0.05) is 18.3 Å². The Bertz CT molecular complexity index is 220. The first-order valence-corrected chi connectivity index (χ1v) is 3.99. The zero-order valence-electron chi connectivity index (χ0n) is 6.37. The third-order valence-corrected chi connectivity index (χ3v) is 2.00. The van der Waals surface area contributed by atoms with Gasteiger partial charge in [-0.25, -0.2) is 4.98 Å². The molecule has 0 aliphatic rings. The highest BCUT2D eigenvalue weighted by Crippen LogP contribution is 2.09. The van der Waals surface area contributed by atoms with E-state index < -0.39 is 0 Å². The van der Waals surface area contributed by atoms with Crippen molar-refractivity contribution in [2.75, 3.05) is 12.5 Å². The normalized spacial score (nSPS) is 13.4. The van der Waals surface area contributed by atoms with Crippen molar-refractivity contribution < 1.29 is 5.11 Å². The van der Waals surface area contributed by atoms with Crippen LogP contribution >= 0.6 is 11.6 Å². The number of aromatic nitrogens is 2. The molecule has 3 nitrogen and oxygen atoms in total. The number of imidazole rings is 1. The van der Waals surface area contributed by atoms with Gasteiger partial charge in [-0.3, -0.25) is 0 Å². The van der Waals surface area contributed by atoms with Crippen molar-refractivity contribution in [3.8, 4) is 0 Å². The number of nitrogens with zero attached hydrogens (tertiary/aromatic N) is 2.